The summed E-state index contributed by atoms with van der Waals surface area (Å²) in [4.78, 5) is 23.7. The van der Waals surface area contributed by atoms with E-state index in [1.54, 1.807) is 43.4 Å². The van der Waals surface area contributed by atoms with Crippen molar-refractivity contribution in [2.45, 2.75) is 6.54 Å². The number of carbonyl (C=O) groups excluding carboxylic acids is 2. The molecule has 0 radical (unpaired) electrons. The number of nitrogens with one attached hydrogen (secondary N) is 3. The molecule has 0 aliphatic heterocycles. The van der Waals surface area contributed by atoms with E-state index in [0.717, 1.165) is 5.56 Å². The van der Waals surface area contributed by atoms with E-state index >= 15 is 0 Å². The summed E-state index contributed by atoms with van der Waals surface area (Å²) in [5.74, 6) is -0.360. The molecule has 120 valence electrons. The Morgan fingerprint density at radius 3 is 2.43 bits per heavy atom. The average molecular weight is 332 g/mol. The van der Waals surface area contributed by atoms with Gasteiger partial charge < -0.3 is 16.0 Å². The number of carbonyl (C=O) groups is 2. The maximum absolute atomic E-state index is 11.9. The van der Waals surface area contributed by atoms with E-state index in [2.05, 4.69) is 16.0 Å². The zero-order valence-corrected chi connectivity index (χ0v) is 13.5. The Balaban J connectivity index is 1.87. The highest BCUT2D eigenvalue weighted by molar-refractivity contribution is 6.30. The molecule has 0 saturated carbocycles. The summed E-state index contributed by atoms with van der Waals surface area (Å²) in [7, 11) is 1.57. The van der Waals surface area contributed by atoms with Crippen molar-refractivity contribution in [2.24, 2.45) is 0 Å². The smallest absolute Gasteiger partial charge is 0.253 e. The molecule has 0 spiro atoms. The summed E-state index contributed by atoms with van der Waals surface area (Å²) >= 11 is 5.81. The first-order valence-electron chi connectivity index (χ1n) is 7.16. The van der Waals surface area contributed by atoms with Gasteiger partial charge in [0.15, 0.2) is 0 Å². The predicted octanol–water partition coefficient (Wildman–Crippen LogP) is 2.43. The van der Waals surface area contributed by atoms with Crippen molar-refractivity contribution in [3.05, 3.63) is 64.7 Å². The summed E-state index contributed by atoms with van der Waals surface area (Å²) in [5, 5.41) is 9.02. The fourth-order valence-corrected chi connectivity index (χ4v) is 2.14. The van der Waals surface area contributed by atoms with Crippen LogP contribution in [0.2, 0.25) is 5.02 Å². The Morgan fingerprint density at radius 2 is 1.74 bits per heavy atom. The van der Waals surface area contributed by atoms with Crippen molar-refractivity contribution in [1.29, 1.82) is 0 Å². The van der Waals surface area contributed by atoms with Gasteiger partial charge in [-0.25, -0.2) is 0 Å². The van der Waals surface area contributed by atoms with E-state index in [1.165, 1.54) is 0 Å². The molecule has 0 heterocycles. The number of halogens is 1. The minimum Gasteiger partial charge on any atom is -0.376 e. The molecule has 2 aromatic rings. The topological polar surface area (TPSA) is 70.2 Å². The second-order valence-electron chi connectivity index (χ2n) is 4.88. The number of anilines is 1. The van der Waals surface area contributed by atoms with Crippen LogP contribution in [0.1, 0.15) is 15.9 Å². The molecule has 0 fully saturated rings. The standard InChI is InChI=1S/C17H18ClN3O2/c1-19-17(23)14-4-2-3-5-15(14)20-11-16(22)21-10-12-6-8-13(18)9-7-12/h2-9,20H,10-11H2,1H3,(H,19,23)(H,21,22). The van der Waals surface area contributed by atoms with Gasteiger partial charge in [-0.1, -0.05) is 35.9 Å². The van der Waals surface area contributed by atoms with Crippen molar-refractivity contribution in [3.63, 3.8) is 0 Å². The number of hydrogen-bond acceptors (Lipinski definition) is 3. The van der Waals surface area contributed by atoms with Gasteiger partial charge in [-0.2, -0.15) is 0 Å². The summed E-state index contributed by atoms with van der Waals surface area (Å²) in [6.45, 7) is 0.510. The molecule has 5 nitrogen and oxygen atoms in total. The van der Waals surface area contributed by atoms with E-state index in [9.17, 15) is 9.59 Å². The van der Waals surface area contributed by atoms with E-state index in [0.29, 0.717) is 22.8 Å². The van der Waals surface area contributed by atoms with Crippen molar-refractivity contribution < 1.29 is 9.59 Å². The maximum Gasteiger partial charge on any atom is 0.253 e. The Labute approximate surface area is 140 Å². The molecule has 0 aromatic heterocycles. The molecule has 0 atom stereocenters. The van der Waals surface area contributed by atoms with Gasteiger partial charge in [-0.05, 0) is 29.8 Å². The number of para-hydroxylation sites is 1. The zero-order chi connectivity index (χ0) is 16.7. The molecule has 2 rings (SSSR count). The fourth-order valence-electron chi connectivity index (χ4n) is 2.01. The normalized spacial score (nSPS) is 10.0. The van der Waals surface area contributed by atoms with E-state index in [4.69, 9.17) is 11.6 Å². The molecule has 0 saturated heterocycles. The highest BCUT2D eigenvalue weighted by Crippen LogP contribution is 2.14. The van der Waals surface area contributed by atoms with Crippen LogP contribution in [0.15, 0.2) is 48.5 Å². The number of rotatable bonds is 6. The van der Waals surface area contributed by atoms with Gasteiger partial charge in [0.1, 0.15) is 0 Å². The maximum atomic E-state index is 11.9. The van der Waals surface area contributed by atoms with Gasteiger partial charge in [0.25, 0.3) is 5.91 Å². The van der Waals surface area contributed by atoms with E-state index < -0.39 is 0 Å². The Hall–Kier alpha value is -2.53. The van der Waals surface area contributed by atoms with E-state index in [1.807, 2.05) is 12.1 Å². The third kappa shape index (κ3) is 5.00. The first-order valence-corrected chi connectivity index (χ1v) is 7.54. The van der Waals surface area contributed by atoms with Crippen LogP contribution in [0, 0.1) is 0 Å². The van der Waals surface area contributed by atoms with Gasteiger partial charge in [0, 0.05) is 24.3 Å². The number of hydrogen-bond donors (Lipinski definition) is 3. The lowest BCUT2D eigenvalue weighted by molar-refractivity contribution is -0.119. The Kier molecular flexibility index (Phi) is 6.00. The number of amides is 2. The highest BCUT2D eigenvalue weighted by Gasteiger charge is 2.09. The SMILES string of the molecule is CNC(=O)c1ccccc1NCC(=O)NCc1ccc(Cl)cc1. The summed E-state index contributed by atoms with van der Waals surface area (Å²) in [5.41, 5.74) is 2.09. The zero-order valence-electron chi connectivity index (χ0n) is 12.7. The van der Waals surface area contributed by atoms with Crippen LogP contribution in [-0.4, -0.2) is 25.4 Å². The second-order valence-corrected chi connectivity index (χ2v) is 5.32. The largest absolute Gasteiger partial charge is 0.376 e. The molecular formula is C17H18ClN3O2. The first-order chi connectivity index (χ1) is 11.1. The quantitative estimate of drug-likeness (QED) is 0.761. The van der Waals surface area contributed by atoms with Gasteiger partial charge in [0.2, 0.25) is 5.91 Å². The lowest BCUT2D eigenvalue weighted by Gasteiger charge is -2.11. The highest BCUT2D eigenvalue weighted by atomic mass is 35.5. The van der Waals surface area contributed by atoms with E-state index in [-0.39, 0.29) is 18.4 Å². The molecule has 0 aliphatic rings. The molecule has 2 aromatic carbocycles. The Bertz CT molecular complexity index is 686. The number of benzene rings is 2. The molecule has 0 bridgehead atoms. The van der Waals surface area contributed by atoms with Crippen LogP contribution < -0.4 is 16.0 Å². The third-order valence-corrected chi connectivity index (χ3v) is 3.49. The van der Waals surface area contributed by atoms with Crippen LogP contribution in [0.25, 0.3) is 0 Å². The van der Waals surface area contributed by atoms with Crippen molar-refractivity contribution >= 4 is 29.1 Å². The van der Waals surface area contributed by atoms with Gasteiger partial charge in [-0.3, -0.25) is 9.59 Å². The van der Waals surface area contributed by atoms with Crippen molar-refractivity contribution in [2.75, 3.05) is 18.9 Å². The van der Waals surface area contributed by atoms with Crippen LogP contribution in [0.5, 0.6) is 0 Å². The summed E-state index contributed by atoms with van der Waals surface area (Å²) in [6, 6.07) is 14.3. The van der Waals surface area contributed by atoms with Gasteiger partial charge in [-0.15, -0.1) is 0 Å². The Morgan fingerprint density at radius 1 is 1.04 bits per heavy atom. The average Bonchev–Trinajstić information content (AvgIpc) is 2.59. The molecule has 6 heteroatoms. The molecule has 3 N–H and O–H groups in total. The lowest BCUT2D eigenvalue weighted by atomic mass is 10.1. The third-order valence-electron chi connectivity index (χ3n) is 3.24. The molecule has 2 amide bonds. The van der Waals surface area contributed by atoms with Crippen LogP contribution >= 0.6 is 11.6 Å². The monoisotopic (exact) mass is 331 g/mol. The molecular weight excluding hydrogens is 314 g/mol. The van der Waals surface area contributed by atoms with Crippen LogP contribution in [0.4, 0.5) is 5.69 Å². The van der Waals surface area contributed by atoms with Gasteiger partial charge in [0.05, 0.1) is 12.1 Å². The minimum atomic E-state index is -0.199. The molecule has 0 aliphatic carbocycles. The minimum absolute atomic E-state index is 0.0849. The second kappa shape index (κ2) is 8.19. The first kappa shape index (κ1) is 16.8. The van der Waals surface area contributed by atoms with Gasteiger partial charge >= 0.3 is 0 Å². The molecule has 0 unspecified atom stereocenters. The van der Waals surface area contributed by atoms with Crippen molar-refractivity contribution in [3.8, 4) is 0 Å². The van der Waals surface area contributed by atoms with Crippen LogP contribution in [0.3, 0.4) is 0 Å². The lowest BCUT2D eigenvalue weighted by Crippen LogP contribution is -2.30. The van der Waals surface area contributed by atoms with Crippen molar-refractivity contribution in [1.82, 2.24) is 10.6 Å². The molecule has 23 heavy (non-hydrogen) atoms. The summed E-state index contributed by atoms with van der Waals surface area (Å²) in [6.07, 6.45) is 0. The predicted molar refractivity (Wildman–Crippen MR) is 91.6 cm³/mol. The summed E-state index contributed by atoms with van der Waals surface area (Å²) < 4.78 is 0. The van der Waals surface area contributed by atoms with Crippen LogP contribution in [-0.2, 0) is 11.3 Å². The fraction of sp³-hybridized carbons (Fsp3) is 0.176.